The summed E-state index contributed by atoms with van der Waals surface area (Å²) in [5, 5.41) is 3.42. The maximum atomic E-state index is 4.37. The fourth-order valence-electron chi connectivity index (χ4n) is 2.82. The molecule has 0 spiro atoms. The minimum atomic E-state index is 1.00. The van der Waals surface area contributed by atoms with E-state index in [1.165, 1.54) is 38.2 Å². The summed E-state index contributed by atoms with van der Waals surface area (Å²) in [4.78, 5) is 9.46. The Morgan fingerprint density at radius 1 is 1.20 bits per heavy atom. The van der Waals surface area contributed by atoms with Crippen LogP contribution in [0.25, 0.3) is 0 Å². The molecule has 3 rings (SSSR count). The molecular weight excluding hydrogens is 248 g/mol. The summed E-state index contributed by atoms with van der Waals surface area (Å²) in [7, 11) is 0. The van der Waals surface area contributed by atoms with Crippen LogP contribution in [0.2, 0.25) is 0 Å². The second-order valence-corrected chi connectivity index (χ2v) is 6.09. The van der Waals surface area contributed by atoms with Crippen molar-refractivity contribution in [2.75, 3.05) is 49.5 Å². The van der Waals surface area contributed by atoms with E-state index in [9.17, 15) is 0 Å². The molecule has 1 aliphatic heterocycles. The van der Waals surface area contributed by atoms with Crippen LogP contribution in [0.1, 0.15) is 26.2 Å². The number of hydrogen-bond acceptors (Lipinski definition) is 4. The van der Waals surface area contributed by atoms with E-state index >= 15 is 0 Å². The standard InChI is InChI=1S/C16H26N4/c1-2-5-18-15-10-16(12-17-11-15)20-8-6-19(7-9-20)13-14-3-4-14/h10-12,14,18H,2-9,13H2,1H3. The molecule has 0 aromatic carbocycles. The van der Waals surface area contributed by atoms with Crippen LogP contribution in [-0.2, 0) is 0 Å². The monoisotopic (exact) mass is 274 g/mol. The van der Waals surface area contributed by atoms with Crippen LogP contribution in [0.5, 0.6) is 0 Å². The highest BCUT2D eigenvalue weighted by molar-refractivity contribution is 5.55. The summed E-state index contributed by atoms with van der Waals surface area (Å²) < 4.78 is 0. The van der Waals surface area contributed by atoms with Crippen LogP contribution in [-0.4, -0.2) is 49.2 Å². The zero-order valence-corrected chi connectivity index (χ0v) is 12.5. The number of nitrogens with one attached hydrogen (secondary N) is 1. The lowest BCUT2D eigenvalue weighted by Crippen LogP contribution is -2.47. The number of aromatic nitrogens is 1. The van der Waals surface area contributed by atoms with Gasteiger partial charge in [-0.05, 0) is 31.2 Å². The molecule has 2 heterocycles. The molecule has 1 saturated carbocycles. The zero-order chi connectivity index (χ0) is 13.8. The minimum absolute atomic E-state index is 1.00. The van der Waals surface area contributed by atoms with Crippen molar-refractivity contribution in [3.8, 4) is 0 Å². The number of rotatable bonds is 6. The van der Waals surface area contributed by atoms with Crippen molar-refractivity contribution in [2.24, 2.45) is 5.92 Å². The van der Waals surface area contributed by atoms with E-state index < -0.39 is 0 Å². The van der Waals surface area contributed by atoms with E-state index in [-0.39, 0.29) is 0 Å². The van der Waals surface area contributed by atoms with Gasteiger partial charge < -0.3 is 10.2 Å². The van der Waals surface area contributed by atoms with Crippen molar-refractivity contribution in [3.05, 3.63) is 18.5 Å². The van der Waals surface area contributed by atoms with Gasteiger partial charge in [0.25, 0.3) is 0 Å². The molecule has 0 radical (unpaired) electrons. The number of anilines is 2. The van der Waals surface area contributed by atoms with Gasteiger partial charge in [0, 0.05) is 39.3 Å². The predicted octanol–water partition coefficient (Wildman–Crippen LogP) is 2.44. The second-order valence-electron chi connectivity index (χ2n) is 6.09. The summed E-state index contributed by atoms with van der Waals surface area (Å²) in [6.07, 6.45) is 7.96. The first-order valence-electron chi connectivity index (χ1n) is 8.01. The predicted molar refractivity (Wildman–Crippen MR) is 84.4 cm³/mol. The molecule has 0 unspecified atom stereocenters. The maximum Gasteiger partial charge on any atom is 0.0574 e. The Bertz CT molecular complexity index is 422. The van der Waals surface area contributed by atoms with Gasteiger partial charge in [0.1, 0.15) is 0 Å². The fraction of sp³-hybridized carbons (Fsp3) is 0.688. The van der Waals surface area contributed by atoms with Crippen molar-refractivity contribution in [2.45, 2.75) is 26.2 Å². The molecule has 1 saturated heterocycles. The molecule has 1 aliphatic carbocycles. The van der Waals surface area contributed by atoms with Gasteiger partial charge in [-0.3, -0.25) is 9.88 Å². The van der Waals surface area contributed by atoms with E-state index in [1.54, 1.807) is 0 Å². The van der Waals surface area contributed by atoms with Crippen molar-refractivity contribution in [1.82, 2.24) is 9.88 Å². The third-order valence-corrected chi connectivity index (χ3v) is 4.25. The Morgan fingerprint density at radius 3 is 2.70 bits per heavy atom. The Hall–Kier alpha value is -1.29. The zero-order valence-electron chi connectivity index (χ0n) is 12.5. The first kappa shape index (κ1) is 13.7. The average molecular weight is 274 g/mol. The summed E-state index contributed by atoms with van der Waals surface area (Å²) in [6.45, 7) is 9.18. The third kappa shape index (κ3) is 3.63. The Morgan fingerprint density at radius 2 is 2.00 bits per heavy atom. The molecule has 110 valence electrons. The van der Waals surface area contributed by atoms with Crippen LogP contribution in [0.4, 0.5) is 11.4 Å². The molecule has 1 aromatic heterocycles. The average Bonchev–Trinajstić information content (AvgIpc) is 3.30. The van der Waals surface area contributed by atoms with Gasteiger partial charge in [-0.1, -0.05) is 6.92 Å². The molecule has 1 N–H and O–H groups in total. The summed E-state index contributed by atoms with van der Waals surface area (Å²) in [5.74, 6) is 1.00. The first-order valence-corrected chi connectivity index (χ1v) is 8.01. The highest BCUT2D eigenvalue weighted by Gasteiger charge is 2.26. The van der Waals surface area contributed by atoms with Gasteiger partial charge in [0.15, 0.2) is 0 Å². The maximum absolute atomic E-state index is 4.37. The van der Waals surface area contributed by atoms with Crippen molar-refractivity contribution in [1.29, 1.82) is 0 Å². The van der Waals surface area contributed by atoms with Crippen LogP contribution in [0, 0.1) is 5.92 Å². The fourth-order valence-corrected chi connectivity index (χ4v) is 2.82. The lowest BCUT2D eigenvalue weighted by atomic mass is 10.2. The molecule has 0 atom stereocenters. The van der Waals surface area contributed by atoms with E-state index in [1.807, 2.05) is 12.4 Å². The molecule has 0 amide bonds. The van der Waals surface area contributed by atoms with E-state index in [0.717, 1.165) is 37.7 Å². The van der Waals surface area contributed by atoms with E-state index in [0.29, 0.717) is 0 Å². The number of nitrogens with zero attached hydrogens (tertiary/aromatic N) is 3. The number of hydrogen-bond donors (Lipinski definition) is 1. The molecule has 2 fully saturated rings. The number of pyridine rings is 1. The van der Waals surface area contributed by atoms with Crippen LogP contribution >= 0.6 is 0 Å². The lowest BCUT2D eigenvalue weighted by molar-refractivity contribution is 0.248. The highest BCUT2D eigenvalue weighted by atomic mass is 15.3. The smallest absolute Gasteiger partial charge is 0.0574 e. The van der Waals surface area contributed by atoms with Crippen LogP contribution in [0.15, 0.2) is 18.5 Å². The van der Waals surface area contributed by atoms with E-state index in [2.05, 4.69) is 33.1 Å². The van der Waals surface area contributed by atoms with Gasteiger partial charge in [-0.25, -0.2) is 0 Å². The normalized spacial score (nSPS) is 20.1. The summed E-state index contributed by atoms with van der Waals surface area (Å²) in [5.41, 5.74) is 2.40. The van der Waals surface area contributed by atoms with Crippen molar-refractivity contribution in [3.63, 3.8) is 0 Å². The quantitative estimate of drug-likeness (QED) is 0.863. The summed E-state index contributed by atoms with van der Waals surface area (Å²) in [6, 6.07) is 2.24. The number of piperazine rings is 1. The second kappa shape index (κ2) is 6.44. The molecular formula is C16H26N4. The molecule has 0 bridgehead atoms. The van der Waals surface area contributed by atoms with Crippen LogP contribution in [0.3, 0.4) is 0 Å². The molecule has 1 aromatic rings. The molecule has 4 nitrogen and oxygen atoms in total. The van der Waals surface area contributed by atoms with Gasteiger partial charge in [-0.2, -0.15) is 0 Å². The lowest BCUT2D eigenvalue weighted by Gasteiger charge is -2.36. The Kier molecular flexibility index (Phi) is 4.41. The molecule has 20 heavy (non-hydrogen) atoms. The van der Waals surface area contributed by atoms with Gasteiger partial charge >= 0.3 is 0 Å². The molecule has 4 heteroatoms. The first-order chi connectivity index (χ1) is 9.85. The Labute approximate surface area is 122 Å². The third-order valence-electron chi connectivity index (χ3n) is 4.25. The highest BCUT2D eigenvalue weighted by Crippen LogP contribution is 2.30. The molecule has 2 aliphatic rings. The SMILES string of the molecule is CCCNc1cncc(N2CCN(CC3CC3)CC2)c1. The van der Waals surface area contributed by atoms with Gasteiger partial charge in [0.05, 0.1) is 23.8 Å². The van der Waals surface area contributed by atoms with E-state index in [4.69, 9.17) is 0 Å². The largest absolute Gasteiger partial charge is 0.384 e. The topological polar surface area (TPSA) is 31.4 Å². The van der Waals surface area contributed by atoms with Crippen molar-refractivity contribution >= 4 is 11.4 Å². The van der Waals surface area contributed by atoms with Gasteiger partial charge in [0.2, 0.25) is 0 Å². The minimum Gasteiger partial charge on any atom is -0.384 e. The Balaban J connectivity index is 1.53. The van der Waals surface area contributed by atoms with Crippen LogP contribution < -0.4 is 10.2 Å². The van der Waals surface area contributed by atoms with Gasteiger partial charge in [-0.15, -0.1) is 0 Å². The van der Waals surface area contributed by atoms with Crippen molar-refractivity contribution < 1.29 is 0 Å². The summed E-state index contributed by atoms with van der Waals surface area (Å²) >= 11 is 0.